The summed E-state index contributed by atoms with van der Waals surface area (Å²) in [5.41, 5.74) is 1.13. The van der Waals surface area contributed by atoms with Gasteiger partial charge in [-0.25, -0.2) is 0 Å². The predicted octanol–water partition coefficient (Wildman–Crippen LogP) is 4.12. The summed E-state index contributed by atoms with van der Waals surface area (Å²) in [6.45, 7) is 1.10. The van der Waals surface area contributed by atoms with Crippen LogP contribution in [0.25, 0.3) is 11.0 Å². The molecule has 206 valence electrons. The van der Waals surface area contributed by atoms with Crippen molar-refractivity contribution in [3.8, 4) is 0 Å². The number of nitrogens with zero attached hydrogens (tertiary/aromatic N) is 3. The van der Waals surface area contributed by atoms with Crippen LogP contribution in [0.5, 0.6) is 0 Å². The van der Waals surface area contributed by atoms with Crippen molar-refractivity contribution >= 4 is 52.1 Å². The Morgan fingerprint density at radius 3 is 2.60 bits per heavy atom. The summed E-state index contributed by atoms with van der Waals surface area (Å²) < 4.78 is 5.66. The number of benzene rings is 1. The first-order valence-corrected chi connectivity index (χ1v) is 14.2. The highest BCUT2D eigenvalue weighted by Gasteiger charge is 2.27. The molecule has 11 heteroatoms. The van der Waals surface area contributed by atoms with Crippen LogP contribution in [0.2, 0.25) is 5.02 Å². The summed E-state index contributed by atoms with van der Waals surface area (Å²) in [5, 5.41) is 7.07. The number of likely N-dealkylation sites (tertiary alicyclic amines) is 1. The highest BCUT2D eigenvalue weighted by atomic mass is 35.5. The Labute approximate surface area is 240 Å². The van der Waals surface area contributed by atoms with E-state index in [0.717, 1.165) is 12.8 Å². The standard InChI is InChI=1S/C29H28ClN5O4S/c30-20-4-5-25-19(15-20)16-26(39-25)29(38)34-24(17-21-3-1-2-10-32-21)28(37)33-18-27(36)35-13-8-23(9-14-35)40-22-6-11-31-12-7-22/h1-7,10-12,15-16,23-24H,8-9,13-14,17-18H2,(H,33,37)(H,34,38)/t24-/m0/s1. The molecule has 0 unspecified atom stereocenters. The number of thioether (sulfide) groups is 1. The summed E-state index contributed by atoms with van der Waals surface area (Å²) >= 11 is 7.84. The summed E-state index contributed by atoms with van der Waals surface area (Å²) in [4.78, 5) is 50.4. The first-order valence-electron chi connectivity index (χ1n) is 13.0. The van der Waals surface area contributed by atoms with Gasteiger partial charge in [-0.2, -0.15) is 0 Å². The zero-order chi connectivity index (χ0) is 27.9. The van der Waals surface area contributed by atoms with Crippen LogP contribution >= 0.6 is 23.4 Å². The third kappa shape index (κ3) is 7.19. The minimum atomic E-state index is -0.963. The Hall–Kier alpha value is -3.89. The summed E-state index contributed by atoms with van der Waals surface area (Å²) in [6, 6.07) is 15.0. The minimum Gasteiger partial charge on any atom is -0.451 e. The zero-order valence-electron chi connectivity index (χ0n) is 21.6. The van der Waals surface area contributed by atoms with Crippen LogP contribution in [0.3, 0.4) is 0 Å². The van der Waals surface area contributed by atoms with E-state index in [1.165, 1.54) is 4.90 Å². The molecule has 5 rings (SSSR count). The number of carbonyl (C=O) groups is 3. The number of furan rings is 1. The monoisotopic (exact) mass is 577 g/mol. The molecule has 9 nitrogen and oxygen atoms in total. The van der Waals surface area contributed by atoms with E-state index in [-0.39, 0.29) is 24.6 Å². The quantitative estimate of drug-likeness (QED) is 0.307. The first kappa shape index (κ1) is 27.7. The molecule has 1 fully saturated rings. The van der Waals surface area contributed by atoms with Crippen molar-refractivity contribution in [2.45, 2.75) is 35.4 Å². The molecule has 1 atom stereocenters. The van der Waals surface area contributed by atoms with Crippen LogP contribution in [0.4, 0.5) is 0 Å². The highest BCUT2D eigenvalue weighted by molar-refractivity contribution is 8.00. The predicted molar refractivity (Wildman–Crippen MR) is 153 cm³/mol. The Morgan fingerprint density at radius 1 is 1.05 bits per heavy atom. The molecule has 1 aliphatic heterocycles. The van der Waals surface area contributed by atoms with E-state index in [9.17, 15) is 14.4 Å². The fraction of sp³-hybridized carbons (Fsp3) is 0.276. The van der Waals surface area contributed by atoms with Crippen molar-refractivity contribution in [1.29, 1.82) is 0 Å². The van der Waals surface area contributed by atoms with Gasteiger partial charge in [0, 0.05) is 64.3 Å². The number of aromatic nitrogens is 2. The molecule has 0 saturated carbocycles. The summed E-state index contributed by atoms with van der Waals surface area (Å²) in [5.74, 6) is -1.13. The molecular formula is C29H28ClN5O4S. The van der Waals surface area contributed by atoms with E-state index >= 15 is 0 Å². The van der Waals surface area contributed by atoms with Crippen LogP contribution < -0.4 is 10.6 Å². The van der Waals surface area contributed by atoms with Crippen LogP contribution in [-0.4, -0.2) is 63.5 Å². The van der Waals surface area contributed by atoms with Crippen molar-refractivity contribution in [2.75, 3.05) is 19.6 Å². The average molecular weight is 578 g/mol. The lowest BCUT2D eigenvalue weighted by molar-refractivity contribution is -0.133. The van der Waals surface area contributed by atoms with Crippen LogP contribution in [0.1, 0.15) is 29.1 Å². The molecule has 1 aromatic carbocycles. The van der Waals surface area contributed by atoms with Crippen molar-refractivity contribution < 1.29 is 18.8 Å². The van der Waals surface area contributed by atoms with Gasteiger partial charge in [0.15, 0.2) is 5.76 Å². The van der Waals surface area contributed by atoms with Gasteiger partial charge in [0.1, 0.15) is 11.6 Å². The Balaban J connectivity index is 1.18. The molecule has 0 aliphatic carbocycles. The number of fused-ring (bicyclic) bond motifs is 1. The van der Waals surface area contributed by atoms with E-state index in [0.29, 0.717) is 40.0 Å². The molecular weight excluding hydrogens is 550 g/mol. The van der Waals surface area contributed by atoms with Gasteiger partial charge in [-0.3, -0.25) is 24.4 Å². The SMILES string of the molecule is O=C(N[C@@H](Cc1ccccn1)C(=O)NCC(=O)N1CCC(Sc2ccncc2)CC1)c1cc2cc(Cl)ccc2o1. The van der Waals surface area contributed by atoms with Gasteiger partial charge in [-0.15, -0.1) is 11.8 Å². The zero-order valence-corrected chi connectivity index (χ0v) is 23.2. The molecule has 2 N–H and O–H groups in total. The number of nitrogens with one attached hydrogen (secondary N) is 2. The summed E-state index contributed by atoms with van der Waals surface area (Å²) in [7, 11) is 0. The number of halogens is 1. The maximum absolute atomic E-state index is 13.2. The molecule has 4 aromatic rings. The Kier molecular flexibility index (Phi) is 8.98. The van der Waals surface area contributed by atoms with Crippen LogP contribution in [-0.2, 0) is 16.0 Å². The van der Waals surface area contributed by atoms with E-state index < -0.39 is 17.9 Å². The van der Waals surface area contributed by atoms with Gasteiger partial charge in [0.25, 0.3) is 5.91 Å². The smallest absolute Gasteiger partial charge is 0.287 e. The number of piperidine rings is 1. The average Bonchev–Trinajstić information content (AvgIpc) is 3.40. The van der Waals surface area contributed by atoms with Crippen molar-refractivity contribution in [3.05, 3.63) is 89.7 Å². The van der Waals surface area contributed by atoms with E-state index in [2.05, 4.69) is 20.6 Å². The largest absolute Gasteiger partial charge is 0.451 e. The molecule has 0 bridgehead atoms. The van der Waals surface area contributed by atoms with Crippen molar-refractivity contribution in [3.63, 3.8) is 0 Å². The molecule has 40 heavy (non-hydrogen) atoms. The third-order valence-electron chi connectivity index (χ3n) is 6.62. The van der Waals surface area contributed by atoms with Gasteiger partial charge >= 0.3 is 0 Å². The molecule has 3 amide bonds. The highest BCUT2D eigenvalue weighted by Crippen LogP contribution is 2.30. The molecule has 0 radical (unpaired) electrons. The molecule has 1 saturated heterocycles. The molecule has 0 spiro atoms. The van der Waals surface area contributed by atoms with Crippen molar-refractivity contribution in [1.82, 2.24) is 25.5 Å². The lowest BCUT2D eigenvalue weighted by atomic mass is 10.1. The van der Waals surface area contributed by atoms with E-state index in [4.69, 9.17) is 16.0 Å². The lowest BCUT2D eigenvalue weighted by Gasteiger charge is -2.32. The summed E-state index contributed by atoms with van der Waals surface area (Å²) in [6.07, 6.45) is 7.06. The minimum absolute atomic E-state index is 0.0553. The Morgan fingerprint density at radius 2 is 1.85 bits per heavy atom. The maximum Gasteiger partial charge on any atom is 0.287 e. The van der Waals surface area contributed by atoms with E-state index in [1.807, 2.05) is 18.2 Å². The number of rotatable bonds is 9. The van der Waals surface area contributed by atoms with Crippen molar-refractivity contribution in [2.24, 2.45) is 0 Å². The number of hydrogen-bond acceptors (Lipinski definition) is 7. The number of pyridine rings is 2. The second-order valence-electron chi connectivity index (χ2n) is 9.44. The molecule has 4 heterocycles. The second kappa shape index (κ2) is 13.0. The van der Waals surface area contributed by atoms with Gasteiger partial charge in [0.05, 0.1) is 6.54 Å². The van der Waals surface area contributed by atoms with Crippen LogP contribution in [0, 0.1) is 0 Å². The number of hydrogen-bond donors (Lipinski definition) is 2. The normalized spacial score (nSPS) is 14.6. The first-order chi connectivity index (χ1) is 19.4. The van der Waals surface area contributed by atoms with Gasteiger partial charge < -0.3 is 20.0 Å². The lowest BCUT2D eigenvalue weighted by Crippen LogP contribution is -2.51. The third-order valence-corrected chi connectivity index (χ3v) is 8.21. The fourth-order valence-electron chi connectivity index (χ4n) is 4.52. The Bertz CT molecular complexity index is 1480. The topological polar surface area (TPSA) is 117 Å². The second-order valence-corrected chi connectivity index (χ2v) is 11.3. The fourth-order valence-corrected chi connectivity index (χ4v) is 5.81. The molecule has 1 aliphatic rings. The van der Waals surface area contributed by atoms with Crippen LogP contribution in [0.15, 0.2) is 82.5 Å². The van der Waals surface area contributed by atoms with Gasteiger partial charge in [-0.1, -0.05) is 17.7 Å². The molecule has 3 aromatic heterocycles. The maximum atomic E-state index is 13.2. The number of carbonyl (C=O) groups excluding carboxylic acids is 3. The number of amides is 3. The van der Waals surface area contributed by atoms with Gasteiger partial charge in [-0.05, 0) is 61.4 Å². The van der Waals surface area contributed by atoms with Gasteiger partial charge in [0.2, 0.25) is 11.8 Å². The van der Waals surface area contributed by atoms with E-state index in [1.54, 1.807) is 71.7 Å².